The van der Waals surface area contributed by atoms with Gasteiger partial charge in [-0.3, -0.25) is 4.79 Å². The van der Waals surface area contributed by atoms with Gasteiger partial charge in [0.25, 0.3) is 0 Å². The van der Waals surface area contributed by atoms with E-state index in [0.717, 1.165) is 12.2 Å². The van der Waals surface area contributed by atoms with Crippen LogP contribution in [0, 0.1) is 0 Å². The third kappa shape index (κ3) is 4.52. The van der Waals surface area contributed by atoms with Gasteiger partial charge in [-0.25, -0.2) is 0 Å². The van der Waals surface area contributed by atoms with Crippen LogP contribution in [0.1, 0.15) is 26.7 Å². The molecule has 3 nitrogen and oxygen atoms in total. The van der Waals surface area contributed by atoms with Crippen LogP contribution in [0.5, 0.6) is 0 Å². The lowest BCUT2D eigenvalue weighted by Gasteiger charge is -2.23. The summed E-state index contributed by atoms with van der Waals surface area (Å²) in [4.78, 5) is 11.0. The third-order valence-electron chi connectivity index (χ3n) is 1.86. The molecule has 0 saturated heterocycles. The van der Waals surface area contributed by atoms with Gasteiger partial charge >= 0.3 is 5.97 Å². The van der Waals surface area contributed by atoms with Crippen LogP contribution in [0.2, 0.25) is 0 Å². The van der Waals surface area contributed by atoms with E-state index in [1.54, 1.807) is 14.0 Å². The average molecular weight is 206 g/mol. The van der Waals surface area contributed by atoms with E-state index in [-0.39, 0.29) is 0 Å². The zero-order valence-electron chi connectivity index (χ0n) is 8.50. The number of carbonyl (C=O) groups is 1. The lowest BCUT2D eigenvalue weighted by atomic mass is 10.1. The first kappa shape index (κ1) is 12.8. The van der Waals surface area contributed by atoms with Gasteiger partial charge in [0.05, 0.1) is 0 Å². The topological polar surface area (TPSA) is 46.5 Å². The minimum Gasteiger partial charge on any atom is -0.480 e. The van der Waals surface area contributed by atoms with Crippen molar-refractivity contribution in [2.75, 3.05) is 19.5 Å². The highest BCUT2D eigenvalue weighted by Crippen LogP contribution is 2.29. The van der Waals surface area contributed by atoms with Crippen molar-refractivity contribution in [3.8, 4) is 0 Å². The molecule has 0 spiro atoms. The minimum atomic E-state index is -0.747. The van der Waals surface area contributed by atoms with Gasteiger partial charge in [0, 0.05) is 13.7 Å². The number of hydrogen-bond acceptors (Lipinski definition) is 3. The summed E-state index contributed by atoms with van der Waals surface area (Å²) in [6.07, 6.45) is 1.56. The molecule has 0 aromatic rings. The Hall–Kier alpha value is -0.220. The molecular formula is C9H18O3S. The molecule has 4 heteroatoms. The fourth-order valence-corrected chi connectivity index (χ4v) is 1.87. The van der Waals surface area contributed by atoms with Gasteiger partial charge in [0.1, 0.15) is 4.75 Å². The molecule has 0 saturated carbocycles. The van der Waals surface area contributed by atoms with Gasteiger partial charge in [-0.05, 0) is 25.5 Å². The summed E-state index contributed by atoms with van der Waals surface area (Å²) in [6.45, 7) is 4.31. The third-order valence-corrected chi connectivity index (χ3v) is 3.49. The van der Waals surface area contributed by atoms with Crippen molar-refractivity contribution in [1.29, 1.82) is 0 Å². The van der Waals surface area contributed by atoms with Crippen LogP contribution in [-0.2, 0) is 9.53 Å². The van der Waals surface area contributed by atoms with Crippen LogP contribution < -0.4 is 0 Å². The van der Waals surface area contributed by atoms with E-state index in [1.807, 2.05) is 6.92 Å². The second-order valence-electron chi connectivity index (χ2n) is 3.13. The van der Waals surface area contributed by atoms with Crippen LogP contribution >= 0.6 is 11.8 Å². The Kier molecular flexibility index (Phi) is 6.16. The number of carboxylic acids is 1. The van der Waals surface area contributed by atoms with E-state index in [2.05, 4.69) is 0 Å². The molecule has 13 heavy (non-hydrogen) atoms. The number of hydrogen-bond donors (Lipinski definition) is 1. The number of ether oxygens (including phenoxy) is 1. The Balaban J connectivity index is 4.08. The number of thioether (sulfide) groups is 1. The molecule has 0 aliphatic rings. The molecule has 0 aliphatic carbocycles. The number of aliphatic carboxylic acids is 1. The van der Waals surface area contributed by atoms with E-state index in [0.29, 0.717) is 13.0 Å². The predicted molar refractivity (Wildman–Crippen MR) is 55.3 cm³/mol. The highest BCUT2D eigenvalue weighted by Gasteiger charge is 2.32. The summed E-state index contributed by atoms with van der Waals surface area (Å²) >= 11 is 1.49. The quantitative estimate of drug-likeness (QED) is 0.692. The van der Waals surface area contributed by atoms with Crippen molar-refractivity contribution in [2.45, 2.75) is 31.4 Å². The summed E-state index contributed by atoms with van der Waals surface area (Å²) in [5, 5.41) is 9.01. The van der Waals surface area contributed by atoms with Crippen molar-refractivity contribution in [1.82, 2.24) is 0 Å². The molecule has 0 fully saturated rings. The zero-order chi connectivity index (χ0) is 10.3. The van der Waals surface area contributed by atoms with Gasteiger partial charge in [-0.2, -0.15) is 0 Å². The van der Waals surface area contributed by atoms with Crippen molar-refractivity contribution >= 4 is 17.7 Å². The lowest BCUT2D eigenvalue weighted by molar-refractivity contribution is -0.139. The smallest absolute Gasteiger partial charge is 0.319 e. The molecule has 0 aromatic carbocycles. The molecular weight excluding hydrogens is 188 g/mol. The Morgan fingerprint density at radius 3 is 2.62 bits per heavy atom. The number of carboxylic acid groups (broad SMARTS) is 1. The standard InChI is InChI=1S/C9H18O3S/c1-4-7-13-9(2,8(10)11)5-6-12-3/h4-7H2,1-3H3,(H,10,11). The molecule has 0 aromatic heterocycles. The molecule has 0 aliphatic heterocycles. The van der Waals surface area contributed by atoms with Crippen LogP contribution in [0.15, 0.2) is 0 Å². The molecule has 1 unspecified atom stereocenters. The van der Waals surface area contributed by atoms with E-state index < -0.39 is 10.7 Å². The van der Waals surface area contributed by atoms with E-state index in [1.165, 1.54) is 11.8 Å². The SMILES string of the molecule is CCCSC(C)(CCOC)C(=O)O. The zero-order valence-corrected chi connectivity index (χ0v) is 9.32. The van der Waals surface area contributed by atoms with Crippen LogP contribution in [0.4, 0.5) is 0 Å². The maximum Gasteiger partial charge on any atom is 0.319 e. The minimum absolute atomic E-state index is 0.500. The first-order valence-electron chi connectivity index (χ1n) is 4.43. The molecule has 0 rings (SSSR count). The second-order valence-corrected chi connectivity index (χ2v) is 4.73. The average Bonchev–Trinajstić information content (AvgIpc) is 2.11. The highest BCUT2D eigenvalue weighted by molar-refractivity contribution is 8.01. The van der Waals surface area contributed by atoms with Crippen molar-refractivity contribution in [2.24, 2.45) is 0 Å². The first-order chi connectivity index (χ1) is 6.06. The van der Waals surface area contributed by atoms with Gasteiger partial charge in [-0.1, -0.05) is 6.92 Å². The largest absolute Gasteiger partial charge is 0.480 e. The summed E-state index contributed by atoms with van der Waals surface area (Å²) in [6, 6.07) is 0. The first-order valence-corrected chi connectivity index (χ1v) is 5.41. The number of rotatable bonds is 7. The molecule has 0 bridgehead atoms. The fourth-order valence-electron chi connectivity index (χ4n) is 0.865. The lowest BCUT2D eigenvalue weighted by Crippen LogP contribution is -2.33. The summed E-state index contributed by atoms with van der Waals surface area (Å²) in [5.41, 5.74) is 0. The molecule has 1 N–H and O–H groups in total. The second kappa shape index (κ2) is 6.27. The fraction of sp³-hybridized carbons (Fsp3) is 0.889. The van der Waals surface area contributed by atoms with Crippen LogP contribution in [-0.4, -0.2) is 35.3 Å². The van der Waals surface area contributed by atoms with Gasteiger partial charge in [0.2, 0.25) is 0 Å². The normalized spacial score (nSPS) is 15.3. The van der Waals surface area contributed by atoms with Crippen molar-refractivity contribution in [3.63, 3.8) is 0 Å². The molecule has 1 atom stereocenters. The monoisotopic (exact) mass is 206 g/mol. The van der Waals surface area contributed by atoms with Crippen molar-refractivity contribution in [3.05, 3.63) is 0 Å². The van der Waals surface area contributed by atoms with E-state index in [4.69, 9.17) is 9.84 Å². The van der Waals surface area contributed by atoms with Crippen LogP contribution in [0.25, 0.3) is 0 Å². The Morgan fingerprint density at radius 2 is 2.23 bits per heavy atom. The van der Waals surface area contributed by atoms with Gasteiger partial charge in [0.15, 0.2) is 0 Å². The Bertz CT molecular complexity index is 151. The summed E-state index contributed by atoms with van der Waals surface area (Å²) < 4.78 is 4.20. The van der Waals surface area contributed by atoms with Crippen LogP contribution in [0.3, 0.4) is 0 Å². The molecule has 0 amide bonds. The van der Waals surface area contributed by atoms with E-state index in [9.17, 15) is 4.79 Å². The Labute approximate surface area is 83.9 Å². The maximum atomic E-state index is 11.0. The Morgan fingerprint density at radius 1 is 1.62 bits per heavy atom. The molecule has 0 radical (unpaired) electrons. The van der Waals surface area contributed by atoms with Gasteiger partial charge < -0.3 is 9.84 Å². The highest BCUT2D eigenvalue weighted by atomic mass is 32.2. The van der Waals surface area contributed by atoms with Crippen molar-refractivity contribution < 1.29 is 14.6 Å². The summed E-state index contributed by atoms with van der Waals surface area (Å²) in [7, 11) is 1.59. The molecule has 0 heterocycles. The number of methoxy groups -OCH3 is 1. The van der Waals surface area contributed by atoms with Gasteiger partial charge in [-0.15, -0.1) is 11.8 Å². The predicted octanol–water partition coefficient (Wildman–Crippen LogP) is 2.01. The maximum absolute atomic E-state index is 11.0. The summed E-state index contributed by atoms with van der Waals surface area (Å²) in [5.74, 6) is 0.134. The van der Waals surface area contributed by atoms with E-state index >= 15 is 0 Å². The molecule has 78 valence electrons.